The van der Waals surface area contributed by atoms with E-state index in [1.165, 1.54) is 22.1 Å². The zero-order valence-electron chi connectivity index (χ0n) is 11.3. The van der Waals surface area contributed by atoms with E-state index in [4.69, 9.17) is 10.2 Å². The van der Waals surface area contributed by atoms with Crippen LogP contribution in [0.1, 0.15) is 43.2 Å². The van der Waals surface area contributed by atoms with Gasteiger partial charge in [-0.2, -0.15) is 0 Å². The number of rotatable bonds is 1. The van der Waals surface area contributed by atoms with Crippen molar-refractivity contribution in [1.82, 2.24) is 0 Å². The summed E-state index contributed by atoms with van der Waals surface area (Å²) >= 11 is 0. The minimum atomic E-state index is 0.0572. The Hall–Kier alpha value is -1.28. The molecule has 0 spiro atoms. The van der Waals surface area contributed by atoms with Gasteiger partial charge in [0.1, 0.15) is 11.3 Å². The van der Waals surface area contributed by atoms with Gasteiger partial charge in [-0.25, -0.2) is 0 Å². The average Bonchev–Trinajstić information content (AvgIpc) is 2.56. The van der Waals surface area contributed by atoms with E-state index in [9.17, 15) is 0 Å². The van der Waals surface area contributed by atoms with Crippen LogP contribution in [-0.2, 0) is 12.0 Å². The molecule has 2 heteroatoms. The average molecular weight is 231 g/mol. The largest absolute Gasteiger partial charge is 0.459 e. The number of aryl methyl sites for hydroxylation is 2. The molecule has 0 unspecified atom stereocenters. The quantitative estimate of drug-likeness (QED) is 0.810. The minimum Gasteiger partial charge on any atom is -0.459 e. The first-order valence-electron chi connectivity index (χ1n) is 6.07. The lowest BCUT2D eigenvalue weighted by Gasteiger charge is -2.19. The van der Waals surface area contributed by atoms with Gasteiger partial charge < -0.3 is 10.2 Å². The first-order valence-corrected chi connectivity index (χ1v) is 6.07. The number of benzene rings is 1. The van der Waals surface area contributed by atoms with Crippen LogP contribution in [0.5, 0.6) is 0 Å². The molecule has 0 atom stereocenters. The molecule has 0 aliphatic carbocycles. The Morgan fingerprint density at radius 3 is 2.24 bits per heavy atom. The lowest BCUT2D eigenvalue weighted by molar-refractivity contribution is 0.511. The molecule has 0 fully saturated rings. The summed E-state index contributed by atoms with van der Waals surface area (Å²) in [5, 5.41) is 1.21. The second kappa shape index (κ2) is 3.88. The zero-order valence-corrected chi connectivity index (χ0v) is 11.3. The second-order valence-corrected chi connectivity index (χ2v) is 5.79. The molecule has 0 amide bonds. The first kappa shape index (κ1) is 12.2. The Balaban J connectivity index is 2.84. The molecule has 1 heterocycles. The van der Waals surface area contributed by atoms with Crippen molar-refractivity contribution in [2.45, 2.75) is 46.6 Å². The highest BCUT2D eigenvalue weighted by molar-refractivity contribution is 5.85. The van der Waals surface area contributed by atoms with Crippen LogP contribution in [0, 0.1) is 13.8 Å². The van der Waals surface area contributed by atoms with Crippen LogP contribution in [0.3, 0.4) is 0 Å². The van der Waals surface area contributed by atoms with Gasteiger partial charge in [0.05, 0.1) is 6.54 Å². The highest BCUT2D eigenvalue weighted by atomic mass is 16.3. The van der Waals surface area contributed by atoms with E-state index in [2.05, 4.69) is 46.8 Å². The Bertz CT molecular complexity index is 558. The predicted octanol–water partition coefficient (Wildman–Crippen LogP) is 3.81. The summed E-state index contributed by atoms with van der Waals surface area (Å²) in [4.78, 5) is 0. The third-order valence-corrected chi connectivity index (χ3v) is 3.31. The third kappa shape index (κ3) is 1.98. The molecule has 2 rings (SSSR count). The second-order valence-electron chi connectivity index (χ2n) is 5.79. The van der Waals surface area contributed by atoms with E-state index >= 15 is 0 Å². The normalized spacial score (nSPS) is 12.4. The highest BCUT2D eigenvalue weighted by Crippen LogP contribution is 2.36. The molecule has 0 radical (unpaired) electrons. The standard InChI is InChI=1S/C15H21NO/c1-9-6-11-12(7-10(9)2)17-13(8-16)14(11)15(3,4)5/h6-7H,8,16H2,1-5H3. The summed E-state index contributed by atoms with van der Waals surface area (Å²) in [6.07, 6.45) is 0. The summed E-state index contributed by atoms with van der Waals surface area (Å²) in [7, 11) is 0. The van der Waals surface area contributed by atoms with Crippen molar-refractivity contribution in [2.75, 3.05) is 0 Å². The van der Waals surface area contributed by atoms with Crippen LogP contribution >= 0.6 is 0 Å². The fourth-order valence-corrected chi connectivity index (χ4v) is 2.37. The van der Waals surface area contributed by atoms with Gasteiger partial charge in [-0.3, -0.25) is 0 Å². The van der Waals surface area contributed by atoms with E-state index < -0.39 is 0 Å². The molecule has 1 aromatic carbocycles. The van der Waals surface area contributed by atoms with Gasteiger partial charge in [-0.1, -0.05) is 20.8 Å². The molecule has 0 saturated carbocycles. The van der Waals surface area contributed by atoms with E-state index in [-0.39, 0.29) is 5.41 Å². The van der Waals surface area contributed by atoms with E-state index in [1.807, 2.05) is 0 Å². The zero-order chi connectivity index (χ0) is 12.8. The summed E-state index contributed by atoms with van der Waals surface area (Å²) in [5.74, 6) is 0.914. The summed E-state index contributed by atoms with van der Waals surface area (Å²) < 4.78 is 5.89. The van der Waals surface area contributed by atoms with Crippen LogP contribution in [0.2, 0.25) is 0 Å². The molecule has 0 aliphatic heterocycles. The van der Waals surface area contributed by atoms with Crippen molar-refractivity contribution >= 4 is 11.0 Å². The van der Waals surface area contributed by atoms with Crippen molar-refractivity contribution in [3.8, 4) is 0 Å². The smallest absolute Gasteiger partial charge is 0.134 e. The molecular weight excluding hydrogens is 210 g/mol. The van der Waals surface area contributed by atoms with E-state index in [0.717, 1.165) is 11.3 Å². The molecule has 2 N–H and O–H groups in total. The van der Waals surface area contributed by atoms with E-state index in [1.54, 1.807) is 0 Å². The van der Waals surface area contributed by atoms with Crippen molar-refractivity contribution in [3.05, 3.63) is 34.6 Å². The van der Waals surface area contributed by atoms with Crippen LogP contribution in [-0.4, -0.2) is 0 Å². The van der Waals surface area contributed by atoms with Gasteiger partial charge in [0.15, 0.2) is 0 Å². The van der Waals surface area contributed by atoms with E-state index in [0.29, 0.717) is 6.54 Å². The summed E-state index contributed by atoms with van der Waals surface area (Å²) in [6, 6.07) is 4.33. The fourth-order valence-electron chi connectivity index (χ4n) is 2.37. The van der Waals surface area contributed by atoms with Crippen molar-refractivity contribution < 1.29 is 4.42 Å². The number of hydrogen-bond acceptors (Lipinski definition) is 2. The minimum absolute atomic E-state index is 0.0572. The van der Waals surface area contributed by atoms with Gasteiger partial charge in [0.25, 0.3) is 0 Å². The molecule has 92 valence electrons. The van der Waals surface area contributed by atoms with Gasteiger partial charge >= 0.3 is 0 Å². The Morgan fingerprint density at radius 2 is 1.71 bits per heavy atom. The molecule has 2 aromatic rings. The maximum absolute atomic E-state index is 5.89. The fraction of sp³-hybridized carbons (Fsp3) is 0.467. The predicted molar refractivity (Wildman–Crippen MR) is 72.3 cm³/mol. The maximum Gasteiger partial charge on any atom is 0.134 e. The van der Waals surface area contributed by atoms with Gasteiger partial charge in [0, 0.05) is 10.9 Å². The highest BCUT2D eigenvalue weighted by Gasteiger charge is 2.24. The van der Waals surface area contributed by atoms with Crippen molar-refractivity contribution in [1.29, 1.82) is 0 Å². The molecule has 17 heavy (non-hydrogen) atoms. The number of fused-ring (bicyclic) bond motifs is 1. The molecule has 2 nitrogen and oxygen atoms in total. The Kier molecular flexibility index (Phi) is 2.78. The van der Waals surface area contributed by atoms with Crippen LogP contribution < -0.4 is 5.73 Å². The van der Waals surface area contributed by atoms with Crippen molar-refractivity contribution in [2.24, 2.45) is 5.73 Å². The third-order valence-electron chi connectivity index (χ3n) is 3.31. The summed E-state index contributed by atoms with van der Waals surface area (Å²) in [5.41, 5.74) is 10.6. The topological polar surface area (TPSA) is 39.2 Å². The number of furan rings is 1. The Morgan fingerprint density at radius 1 is 1.12 bits per heavy atom. The molecule has 1 aromatic heterocycles. The van der Waals surface area contributed by atoms with Crippen LogP contribution in [0.4, 0.5) is 0 Å². The van der Waals surface area contributed by atoms with Gasteiger partial charge in [0.2, 0.25) is 0 Å². The Labute approximate surface area is 103 Å². The lowest BCUT2D eigenvalue weighted by atomic mass is 9.84. The monoisotopic (exact) mass is 231 g/mol. The molecular formula is C15H21NO. The SMILES string of the molecule is Cc1cc2oc(CN)c(C(C)(C)C)c2cc1C. The molecule has 0 aliphatic rings. The molecule has 0 saturated heterocycles. The lowest BCUT2D eigenvalue weighted by Crippen LogP contribution is -2.14. The van der Waals surface area contributed by atoms with Crippen molar-refractivity contribution in [3.63, 3.8) is 0 Å². The maximum atomic E-state index is 5.89. The van der Waals surface area contributed by atoms with Gasteiger partial charge in [-0.15, -0.1) is 0 Å². The van der Waals surface area contributed by atoms with Gasteiger partial charge in [-0.05, 0) is 42.5 Å². The number of hydrogen-bond donors (Lipinski definition) is 1. The first-order chi connectivity index (χ1) is 7.84. The molecule has 0 bridgehead atoms. The summed E-state index contributed by atoms with van der Waals surface area (Å²) in [6.45, 7) is 11.3. The number of nitrogens with two attached hydrogens (primary N) is 1. The van der Waals surface area contributed by atoms with Crippen LogP contribution in [0.25, 0.3) is 11.0 Å². The van der Waals surface area contributed by atoms with Crippen LogP contribution in [0.15, 0.2) is 16.5 Å².